The molecule has 3 aromatic heterocycles. The standard InChI is InChI=1S/C22H19F3N6O/c1-12-8-14-6-4-5-7-18(14)30(12)21(32)17-10-20-26-16(15-11-29(3)27-13(15)2)9-19(22(23,24)25)31(20)28-17/h4-7,9-12H,8H2,1-3H3/t12-/m1/s1. The molecule has 0 spiro atoms. The highest BCUT2D eigenvalue weighted by Crippen LogP contribution is 2.35. The molecule has 0 saturated heterocycles. The summed E-state index contributed by atoms with van der Waals surface area (Å²) in [7, 11) is 1.68. The van der Waals surface area contributed by atoms with E-state index in [0.29, 0.717) is 22.2 Å². The Morgan fingerprint density at radius 2 is 1.91 bits per heavy atom. The van der Waals surface area contributed by atoms with Crippen LogP contribution in [0.1, 0.15) is 34.4 Å². The van der Waals surface area contributed by atoms with Crippen LogP contribution in [0.15, 0.2) is 42.6 Å². The van der Waals surface area contributed by atoms with Gasteiger partial charge in [-0.3, -0.25) is 9.48 Å². The van der Waals surface area contributed by atoms with Crippen molar-refractivity contribution >= 4 is 17.2 Å². The van der Waals surface area contributed by atoms with Crippen LogP contribution in [-0.2, 0) is 19.6 Å². The van der Waals surface area contributed by atoms with E-state index in [9.17, 15) is 18.0 Å². The maximum absolute atomic E-state index is 13.9. The zero-order valence-corrected chi connectivity index (χ0v) is 17.6. The summed E-state index contributed by atoms with van der Waals surface area (Å²) < 4.78 is 43.9. The molecular weight excluding hydrogens is 421 g/mol. The average Bonchev–Trinajstić information content (AvgIpc) is 3.39. The molecule has 5 rings (SSSR count). The molecule has 0 fully saturated rings. The van der Waals surface area contributed by atoms with Gasteiger partial charge in [0.15, 0.2) is 17.0 Å². The number of alkyl halides is 3. The molecule has 1 aliphatic heterocycles. The summed E-state index contributed by atoms with van der Waals surface area (Å²) in [5, 5.41) is 8.20. The molecule has 0 unspecified atom stereocenters. The SMILES string of the molecule is Cc1nn(C)cc1-c1cc(C(F)(F)F)n2nc(C(=O)N3c4ccccc4C[C@H]3C)cc2n1. The van der Waals surface area contributed by atoms with Gasteiger partial charge in [-0.1, -0.05) is 18.2 Å². The minimum absolute atomic E-state index is 0.0541. The molecule has 0 radical (unpaired) electrons. The summed E-state index contributed by atoms with van der Waals surface area (Å²) in [5.41, 5.74) is 1.77. The summed E-state index contributed by atoms with van der Waals surface area (Å²) in [6.07, 6.45) is -2.41. The number of para-hydroxylation sites is 1. The first-order valence-electron chi connectivity index (χ1n) is 10.0. The highest BCUT2D eigenvalue weighted by atomic mass is 19.4. The minimum atomic E-state index is -4.69. The molecule has 32 heavy (non-hydrogen) atoms. The zero-order valence-electron chi connectivity index (χ0n) is 17.6. The predicted octanol–water partition coefficient (Wildman–Crippen LogP) is 4.05. The molecule has 4 aromatic rings. The number of fused-ring (bicyclic) bond motifs is 2. The van der Waals surface area contributed by atoms with Crippen molar-refractivity contribution in [2.24, 2.45) is 7.05 Å². The number of aryl methyl sites for hydroxylation is 2. The molecule has 1 atom stereocenters. The van der Waals surface area contributed by atoms with Gasteiger partial charge in [0.25, 0.3) is 5.91 Å². The Bertz CT molecular complexity index is 1370. The maximum atomic E-state index is 13.9. The van der Waals surface area contributed by atoms with E-state index >= 15 is 0 Å². The topological polar surface area (TPSA) is 68.3 Å². The van der Waals surface area contributed by atoms with E-state index in [2.05, 4.69) is 15.2 Å². The van der Waals surface area contributed by atoms with E-state index in [1.54, 1.807) is 25.1 Å². The fourth-order valence-electron chi connectivity index (χ4n) is 4.27. The van der Waals surface area contributed by atoms with Crippen LogP contribution in [-0.4, -0.2) is 36.3 Å². The van der Waals surface area contributed by atoms with Gasteiger partial charge in [-0.05, 0) is 38.0 Å². The molecule has 1 aliphatic rings. The van der Waals surface area contributed by atoms with Crippen molar-refractivity contribution in [1.29, 1.82) is 0 Å². The number of aromatic nitrogens is 5. The van der Waals surface area contributed by atoms with Gasteiger partial charge in [0.2, 0.25) is 0 Å². The van der Waals surface area contributed by atoms with Crippen LogP contribution in [0.3, 0.4) is 0 Å². The maximum Gasteiger partial charge on any atom is 0.433 e. The highest BCUT2D eigenvalue weighted by Gasteiger charge is 2.37. The predicted molar refractivity (Wildman–Crippen MR) is 111 cm³/mol. The molecule has 0 bridgehead atoms. The zero-order chi connectivity index (χ0) is 22.8. The first kappa shape index (κ1) is 20.2. The van der Waals surface area contributed by atoms with Crippen molar-refractivity contribution in [3.63, 3.8) is 0 Å². The van der Waals surface area contributed by atoms with Gasteiger partial charge in [-0.25, -0.2) is 9.50 Å². The van der Waals surface area contributed by atoms with Gasteiger partial charge < -0.3 is 4.90 Å². The lowest BCUT2D eigenvalue weighted by molar-refractivity contribution is -0.142. The fraction of sp³-hybridized carbons (Fsp3) is 0.273. The number of halogens is 3. The van der Waals surface area contributed by atoms with Gasteiger partial charge in [-0.15, -0.1) is 0 Å². The van der Waals surface area contributed by atoms with E-state index in [1.165, 1.54) is 10.7 Å². The fourth-order valence-corrected chi connectivity index (χ4v) is 4.27. The molecule has 1 aromatic carbocycles. The third-order valence-electron chi connectivity index (χ3n) is 5.65. The van der Waals surface area contributed by atoms with Crippen molar-refractivity contribution < 1.29 is 18.0 Å². The van der Waals surface area contributed by atoms with E-state index < -0.39 is 17.8 Å². The molecular formula is C22H19F3N6O. The van der Waals surface area contributed by atoms with Crippen LogP contribution >= 0.6 is 0 Å². The van der Waals surface area contributed by atoms with E-state index in [-0.39, 0.29) is 23.1 Å². The van der Waals surface area contributed by atoms with Crippen molar-refractivity contribution in [2.45, 2.75) is 32.5 Å². The summed E-state index contributed by atoms with van der Waals surface area (Å²) in [6.45, 7) is 3.60. The number of nitrogens with zero attached hydrogens (tertiary/aromatic N) is 6. The van der Waals surface area contributed by atoms with Crippen LogP contribution in [0.25, 0.3) is 16.9 Å². The molecule has 164 valence electrons. The average molecular weight is 440 g/mol. The lowest BCUT2D eigenvalue weighted by Crippen LogP contribution is -2.36. The smallest absolute Gasteiger partial charge is 0.304 e. The lowest BCUT2D eigenvalue weighted by atomic mass is 10.1. The Kier molecular flexibility index (Phi) is 4.37. The quantitative estimate of drug-likeness (QED) is 0.472. The van der Waals surface area contributed by atoms with Crippen molar-refractivity contribution in [1.82, 2.24) is 24.4 Å². The molecule has 4 heterocycles. The number of carbonyl (C=O) groups excluding carboxylic acids is 1. The summed E-state index contributed by atoms with van der Waals surface area (Å²) in [4.78, 5) is 19.2. The molecule has 10 heteroatoms. The monoisotopic (exact) mass is 440 g/mol. The van der Waals surface area contributed by atoms with E-state index in [4.69, 9.17) is 0 Å². The Morgan fingerprint density at radius 3 is 2.59 bits per heavy atom. The first-order valence-corrected chi connectivity index (χ1v) is 10.0. The Balaban J connectivity index is 1.65. The van der Waals surface area contributed by atoms with Gasteiger partial charge in [0.05, 0.1) is 11.4 Å². The number of rotatable bonds is 2. The third-order valence-corrected chi connectivity index (χ3v) is 5.65. The Labute approximate surface area is 181 Å². The van der Waals surface area contributed by atoms with Crippen LogP contribution in [0.5, 0.6) is 0 Å². The third kappa shape index (κ3) is 3.14. The Morgan fingerprint density at radius 1 is 1.16 bits per heavy atom. The van der Waals surface area contributed by atoms with E-state index in [1.807, 2.05) is 31.2 Å². The van der Waals surface area contributed by atoms with Crippen molar-refractivity contribution in [3.8, 4) is 11.3 Å². The Hall–Kier alpha value is -3.69. The van der Waals surface area contributed by atoms with Crippen molar-refractivity contribution in [3.05, 3.63) is 65.2 Å². The molecule has 1 amide bonds. The van der Waals surface area contributed by atoms with Gasteiger partial charge >= 0.3 is 6.18 Å². The van der Waals surface area contributed by atoms with Crippen LogP contribution in [0.2, 0.25) is 0 Å². The summed E-state index contributed by atoms with van der Waals surface area (Å²) in [6, 6.07) is 9.60. The van der Waals surface area contributed by atoms with E-state index in [0.717, 1.165) is 17.3 Å². The number of carbonyl (C=O) groups is 1. The summed E-state index contributed by atoms with van der Waals surface area (Å²) in [5.74, 6) is -0.458. The molecule has 0 N–H and O–H groups in total. The van der Waals surface area contributed by atoms with Crippen LogP contribution in [0.4, 0.5) is 18.9 Å². The van der Waals surface area contributed by atoms with Crippen LogP contribution < -0.4 is 4.90 Å². The first-order chi connectivity index (χ1) is 15.1. The molecule has 0 saturated carbocycles. The number of anilines is 1. The highest BCUT2D eigenvalue weighted by molar-refractivity contribution is 6.07. The number of hydrogen-bond donors (Lipinski definition) is 0. The largest absolute Gasteiger partial charge is 0.433 e. The second-order valence-electron chi connectivity index (χ2n) is 7.98. The number of hydrogen-bond acceptors (Lipinski definition) is 4. The van der Waals surface area contributed by atoms with Gasteiger partial charge in [0.1, 0.15) is 0 Å². The minimum Gasteiger partial charge on any atom is -0.304 e. The van der Waals surface area contributed by atoms with Gasteiger partial charge in [0, 0.05) is 36.6 Å². The normalized spacial score (nSPS) is 16.1. The second-order valence-corrected chi connectivity index (χ2v) is 7.98. The number of amides is 1. The molecule has 0 aliphatic carbocycles. The van der Waals surface area contributed by atoms with Gasteiger partial charge in [-0.2, -0.15) is 23.4 Å². The van der Waals surface area contributed by atoms with Crippen molar-refractivity contribution in [2.75, 3.05) is 4.90 Å². The second kappa shape index (κ2) is 6.91. The molecule has 7 nitrogen and oxygen atoms in total. The van der Waals surface area contributed by atoms with Crippen LogP contribution in [0, 0.1) is 6.92 Å². The summed E-state index contributed by atoms with van der Waals surface area (Å²) >= 11 is 0. The number of benzene rings is 1. The lowest BCUT2D eigenvalue weighted by Gasteiger charge is -2.21.